The number of halogens is 3. The van der Waals surface area contributed by atoms with Gasteiger partial charge in [0.05, 0.1) is 18.3 Å². The molecule has 0 aliphatic carbocycles. The van der Waals surface area contributed by atoms with Gasteiger partial charge in [-0.2, -0.15) is 0 Å². The van der Waals surface area contributed by atoms with E-state index in [4.69, 9.17) is 11.6 Å². The number of anilines is 1. The molecule has 0 radical (unpaired) electrons. The van der Waals surface area contributed by atoms with Gasteiger partial charge in [0, 0.05) is 34.8 Å². The molecule has 1 fully saturated rings. The van der Waals surface area contributed by atoms with Crippen LogP contribution in [0.25, 0.3) is 0 Å². The number of rotatable bonds is 3. The number of nitrogens with zero attached hydrogens (tertiary/aromatic N) is 4. The molecule has 8 heteroatoms. The number of carbonyl (C=O) groups excluding carboxylic acids is 1. The van der Waals surface area contributed by atoms with Crippen molar-refractivity contribution in [3.05, 3.63) is 51.4 Å². The lowest BCUT2D eigenvalue weighted by atomic mass is 10.1. The van der Waals surface area contributed by atoms with Crippen LogP contribution < -0.4 is 4.90 Å². The number of amides is 1. The molecule has 0 saturated carbocycles. The summed E-state index contributed by atoms with van der Waals surface area (Å²) in [6, 6.07) is 3.78. The van der Waals surface area contributed by atoms with E-state index in [1.807, 2.05) is 13.8 Å². The summed E-state index contributed by atoms with van der Waals surface area (Å²) in [7, 11) is 0. The fourth-order valence-corrected chi connectivity index (χ4v) is 3.85. The maximum Gasteiger partial charge on any atom is 0.265 e. The molecule has 1 aromatic carbocycles. The Morgan fingerprint density at radius 2 is 2.04 bits per heavy atom. The third-order valence-electron chi connectivity index (χ3n) is 5.22. The average molecular weight is 393 g/mol. The Balaban J connectivity index is 1.68. The van der Waals surface area contributed by atoms with Gasteiger partial charge in [-0.05, 0) is 38.5 Å². The normalized spacial score (nSPS) is 18.7. The van der Waals surface area contributed by atoms with Crippen LogP contribution in [0.1, 0.15) is 58.8 Å². The fourth-order valence-electron chi connectivity index (χ4n) is 3.65. The van der Waals surface area contributed by atoms with Crippen LogP contribution in [0.5, 0.6) is 0 Å². The maximum absolute atomic E-state index is 13.1. The third-order valence-corrected chi connectivity index (χ3v) is 5.56. The summed E-state index contributed by atoms with van der Waals surface area (Å²) in [5.74, 6) is 1.24. The second-order valence-electron chi connectivity index (χ2n) is 6.94. The van der Waals surface area contributed by atoms with E-state index in [0.29, 0.717) is 12.4 Å². The zero-order valence-corrected chi connectivity index (χ0v) is 15.8. The molecular formula is C19H19ClF2N4O. The minimum absolute atomic E-state index is 0.0409. The Morgan fingerprint density at radius 3 is 2.67 bits per heavy atom. The van der Waals surface area contributed by atoms with Crippen LogP contribution in [0.15, 0.2) is 18.2 Å². The van der Waals surface area contributed by atoms with Gasteiger partial charge in [0.1, 0.15) is 11.6 Å². The van der Waals surface area contributed by atoms with E-state index in [1.54, 1.807) is 4.90 Å². The van der Waals surface area contributed by atoms with Gasteiger partial charge in [0.2, 0.25) is 0 Å². The summed E-state index contributed by atoms with van der Waals surface area (Å²) in [6.07, 6.45) is -1.61. The summed E-state index contributed by atoms with van der Waals surface area (Å²) >= 11 is 5.82. The average Bonchev–Trinajstić information content (AvgIpc) is 2.89. The predicted molar refractivity (Wildman–Crippen MR) is 98.3 cm³/mol. The Hall–Kier alpha value is -2.28. The lowest BCUT2D eigenvalue weighted by Crippen LogP contribution is -2.39. The highest BCUT2D eigenvalue weighted by molar-refractivity contribution is 6.31. The van der Waals surface area contributed by atoms with Gasteiger partial charge in [-0.25, -0.2) is 18.7 Å². The molecule has 1 aromatic heterocycles. The van der Waals surface area contributed by atoms with Crippen molar-refractivity contribution in [2.75, 3.05) is 18.0 Å². The van der Waals surface area contributed by atoms with Crippen LogP contribution in [0, 0.1) is 6.92 Å². The molecule has 2 aliphatic heterocycles. The molecule has 2 aromatic rings. The first-order chi connectivity index (χ1) is 12.9. The summed E-state index contributed by atoms with van der Waals surface area (Å²) in [6.45, 7) is 5.99. The van der Waals surface area contributed by atoms with Gasteiger partial charge in [-0.1, -0.05) is 11.6 Å². The lowest BCUT2D eigenvalue weighted by molar-refractivity contribution is 0.0703. The predicted octanol–water partition coefficient (Wildman–Crippen LogP) is 4.30. The van der Waals surface area contributed by atoms with Crippen molar-refractivity contribution in [2.45, 2.75) is 39.3 Å². The topological polar surface area (TPSA) is 49.3 Å². The van der Waals surface area contributed by atoms with Gasteiger partial charge < -0.3 is 9.80 Å². The van der Waals surface area contributed by atoms with E-state index in [9.17, 15) is 13.6 Å². The Morgan fingerprint density at radius 1 is 1.30 bits per heavy atom. The van der Waals surface area contributed by atoms with Crippen LogP contribution in [0.2, 0.25) is 5.02 Å². The van der Waals surface area contributed by atoms with Gasteiger partial charge in [0.25, 0.3) is 12.3 Å². The number of fused-ring (bicyclic) bond motifs is 1. The van der Waals surface area contributed by atoms with Crippen LogP contribution in [0.4, 0.5) is 14.6 Å². The Kier molecular flexibility index (Phi) is 4.50. The number of hydrogen-bond donors (Lipinski definition) is 0. The summed E-state index contributed by atoms with van der Waals surface area (Å²) in [4.78, 5) is 26.0. The second kappa shape index (κ2) is 6.71. The largest absolute Gasteiger partial charge is 0.356 e. The molecule has 1 amide bonds. The molecular weight excluding hydrogens is 374 g/mol. The minimum atomic E-state index is -2.73. The third kappa shape index (κ3) is 3.04. The van der Waals surface area contributed by atoms with Crippen LogP contribution in [-0.4, -0.2) is 33.9 Å². The number of aromatic nitrogens is 2. The smallest absolute Gasteiger partial charge is 0.265 e. The zero-order chi connectivity index (χ0) is 19.3. The van der Waals surface area contributed by atoms with Gasteiger partial charge in [-0.3, -0.25) is 4.79 Å². The van der Waals surface area contributed by atoms with Crippen LogP contribution in [-0.2, 0) is 6.54 Å². The first kappa shape index (κ1) is 18.1. The molecule has 0 bridgehead atoms. The highest BCUT2D eigenvalue weighted by Crippen LogP contribution is 2.40. The number of hydrogen-bond acceptors (Lipinski definition) is 4. The number of alkyl halides is 2. The van der Waals surface area contributed by atoms with Crippen molar-refractivity contribution >= 4 is 23.3 Å². The fraction of sp³-hybridized carbons (Fsp3) is 0.421. The maximum atomic E-state index is 13.1. The zero-order valence-electron chi connectivity index (χ0n) is 15.0. The monoisotopic (exact) mass is 392 g/mol. The van der Waals surface area contributed by atoms with E-state index in [1.165, 1.54) is 18.2 Å². The molecule has 142 valence electrons. The van der Waals surface area contributed by atoms with Gasteiger partial charge in [-0.15, -0.1) is 0 Å². The first-order valence-electron chi connectivity index (χ1n) is 8.87. The Labute approximate surface area is 161 Å². The van der Waals surface area contributed by atoms with Gasteiger partial charge in [0.15, 0.2) is 0 Å². The molecule has 0 unspecified atom stereocenters. The molecule has 0 spiro atoms. The van der Waals surface area contributed by atoms with Crippen molar-refractivity contribution in [1.29, 1.82) is 0 Å². The highest BCUT2D eigenvalue weighted by Gasteiger charge is 2.37. The van der Waals surface area contributed by atoms with E-state index in [0.717, 1.165) is 36.6 Å². The summed E-state index contributed by atoms with van der Waals surface area (Å²) < 4.78 is 26.3. The molecule has 5 nitrogen and oxygen atoms in total. The molecule has 1 atom stereocenters. The van der Waals surface area contributed by atoms with Crippen molar-refractivity contribution in [2.24, 2.45) is 0 Å². The number of aryl methyl sites for hydroxylation is 1. The molecule has 1 saturated heterocycles. The minimum Gasteiger partial charge on any atom is -0.356 e. The lowest BCUT2D eigenvalue weighted by Gasteiger charge is -2.34. The molecule has 0 N–H and O–H groups in total. The number of benzene rings is 1. The SMILES string of the molecule is Cc1nc2c(c(N3CCC3)n1)[C@@H](C)N(C(=O)c1ccc(Cl)c(C(F)F)c1)C2. The molecule has 4 rings (SSSR count). The summed E-state index contributed by atoms with van der Waals surface area (Å²) in [5.41, 5.74) is 1.65. The molecule has 27 heavy (non-hydrogen) atoms. The number of carbonyl (C=O) groups is 1. The van der Waals surface area contributed by atoms with Gasteiger partial charge >= 0.3 is 0 Å². The molecule has 2 aliphatic rings. The van der Waals surface area contributed by atoms with Crippen LogP contribution in [0.3, 0.4) is 0 Å². The first-order valence-corrected chi connectivity index (χ1v) is 9.25. The van der Waals surface area contributed by atoms with Crippen molar-refractivity contribution < 1.29 is 13.6 Å². The van der Waals surface area contributed by atoms with E-state index in [2.05, 4.69) is 14.9 Å². The Bertz CT molecular complexity index is 917. The standard InChI is InChI=1S/C19H19ClF2N4O/c1-10-16-15(23-11(2)24-18(16)25-6-3-7-25)9-26(10)19(27)12-4-5-14(20)13(8-12)17(21)22/h4-5,8,10,17H,3,6-7,9H2,1-2H3/t10-/m1/s1. The second-order valence-corrected chi connectivity index (χ2v) is 7.35. The molecule has 3 heterocycles. The van der Waals surface area contributed by atoms with Crippen molar-refractivity contribution in [3.8, 4) is 0 Å². The van der Waals surface area contributed by atoms with E-state index >= 15 is 0 Å². The highest BCUT2D eigenvalue weighted by atomic mass is 35.5. The van der Waals surface area contributed by atoms with E-state index < -0.39 is 6.43 Å². The quantitative estimate of drug-likeness (QED) is 0.781. The summed E-state index contributed by atoms with van der Waals surface area (Å²) in [5, 5.41) is -0.0409. The van der Waals surface area contributed by atoms with E-state index in [-0.39, 0.29) is 28.1 Å². The van der Waals surface area contributed by atoms with Crippen LogP contribution >= 0.6 is 11.6 Å². The van der Waals surface area contributed by atoms with Crippen molar-refractivity contribution in [1.82, 2.24) is 14.9 Å². The van der Waals surface area contributed by atoms with Crippen molar-refractivity contribution in [3.63, 3.8) is 0 Å².